The number of aromatic nitrogens is 2. The molecular weight excluding hydrogens is 266 g/mol. The lowest BCUT2D eigenvalue weighted by Crippen LogP contribution is -2.44. The highest BCUT2D eigenvalue weighted by Gasteiger charge is 2.23. The van der Waals surface area contributed by atoms with E-state index in [9.17, 15) is 9.59 Å². The lowest BCUT2D eigenvalue weighted by Gasteiger charge is -2.33. The zero-order valence-electron chi connectivity index (χ0n) is 12.2. The number of carbonyl (C=O) groups excluding carboxylic acids is 1. The molecule has 5 nitrogen and oxygen atoms in total. The van der Waals surface area contributed by atoms with Gasteiger partial charge in [0.15, 0.2) is 0 Å². The summed E-state index contributed by atoms with van der Waals surface area (Å²) >= 11 is 0. The molecule has 0 N–H and O–H groups in total. The van der Waals surface area contributed by atoms with E-state index in [2.05, 4.69) is 11.9 Å². The molecule has 0 spiro atoms. The van der Waals surface area contributed by atoms with Crippen LogP contribution in [0.4, 0.5) is 0 Å². The highest BCUT2D eigenvalue weighted by molar-refractivity contribution is 5.80. The van der Waals surface area contributed by atoms with Crippen LogP contribution in [-0.2, 0) is 11.3 Å². The van der Waals surface area contributed by atoms with Crippen LogP contribution < -0.4 is 5.56 Å². The average Bonchev–Trinajstić information content (AvgIpc) is 2.50. The van der Waals surface area contributed by atoms with Crippen LogP contribution in [0.1, 0.15) is 26.2 Å². The van der Waals surface area contributed by atoms with Gasteiger partial charge in [-0.2, -0.15) is 0 Å². The molecule has 110 valence electrons. The minimum atomic E-state index is -0.230. The van der Waals surface area contributed by atoms with Crippen molar-refractivity contribution in [3.8, 4) is 0 Å². The third-order valence-corrected chi connectivity index (χ3v) is 4.17. The predicted molar refractivity (Wildman–Crippen MR) is 81.0 cm³/mol. The smallest absolute Gasteiger partial charge is 0.269 e. The molecule has 1 atom stereocenters. The van der Waals surface area contributed by atoms with Gasteiger partial charge in [-0.25, -0.2) is 4.98 Å². The van der Waals surface area contributed by atoms with E-state index in [1.54, 1.807) is 0 Å². The van der Waals surface area contributed by atoms with Crippen LogP contribution in [-0.4, -0.2) is 32.9 Å². The van der Waals surface area contributed by atoms with Gasteiger partial charge in [0.25, 0.3) is 5.56 Å². The third-order valence-electron chi connectivity index (χ3n) is 4.17. The molecule has 0 bridgehead atoms. The summed E-state index contributed by atoms with van der Waals surface area (Å²) in [5.74, 6) is 0.0145. The van der Waals surface area contributed by atoms with E-state index in [4.69, 9.17) is 0 Å². The van der Waals surface area contributed by atoms with Gasteiger partial charge in [0.1, 0.15) is 6.54 Å². The summed E-state index contributed by atoms with van der Waals surface area (Å²) < 4.78 is 1.52. The van der Waals surface area contributed by atoms with Crippen molar-refractivity contribution < 1.29 is 4.79 Å². The fourth-order valence-electron chi connectivity index (χ4n) is 2.97. The fraction of sp³-hybridized carbons (Fsp3) is 0.438. The number of carbonyl (C=O) groups is 1. The summed E-state index contributed by atoms with van der Waals surface area (Å²) in [6.07, 6.45) is 4.54. The monoisotopic (exact) mass is 285 g/mol. The molecule has 0 saturated carbocycles. The number of benzene rings is 1. The first-order valence-electron chi connectivity index (χ1n) is 7.41. The average molecular weight is 285 g/mol. The van der Waals surface area contributed by atoms with E-state index in [-0.39, 0.29) is 24.1 Å². The van der Waals surface area contributed by atoms with E-state index >= 15 is 0 Å². The van der Waals surface area contributed by atoms with E-state index in [1.807, 2.05) is 29.2 Å². The zero-order valence-corrected chi connectivity index (χ0v) is 12.2. The maximum atomic E-state index is 12.5. The highest BCUT2D eigenvalue weighted by Crippen LogP contribution is 2.17. The number of piperidine rings is 1. The summed E-state index contributed by atoms with van der Waals surface area (Å²) in [6.45, 7) is 2.95. The van der Waals surface area contributed by atoms with Gasteiger partial charge in [0.05, 0.1) is 17.2 Å². The second-order valence-electron chi connectivity index (χ2n) is 5.60. The van der Waals surface area contributed by atoms with Gasteiger partial charge < -0.3 is 4.90 Å². The quantitative estimate of drug-likeness (QED) is 0.845. The Kier molecular flexibility index (Phi) is 3.73. The molecular formula is C16H19N3O2. The highest BCUT2D eigenvalue weighted by atomic mass is 16.2. The van der Waals surface area contributed by atoms with E-state index in [0.717, 1.165) is 24.9 Å². The molecule has 0 unspecified atom stereocenters. The predicted octanol–water partition coefficient (Wildman–Crippen LogP) is 1.80. The number of amides is 1. The van der Waals surface area contributed by atoms with Gasteiger partial charge >= 0.3 is 0 Å². The Morgan fingerprint density at radius 2 is 2.14 bits per heavy atom. The zero-order chi connectivity index (χ0) is 14.8. The first kappa shape index (κ1) is 13.8. The second kappa shape index (κ2) is 5.68. The summed E-state index contributed by atoms with van der Waals surface area (Å²) in [7, 11) is 0. The van der Waals surface area contributed by atoms with Crippen molar-refractivity contribution in [2.45, 2.75) is 38.8 Å². The number of hydrogen-bond acceptors (Lipinski definition) is 3. The summed E-state index contributed by atoms with van der Waals surface area (Å²) in [4.78, 5) is 30.6. The molecule has 1 aromatic carbocycles. The van der Waals surface area contributed by atoms with Crippen LogP contribution in [0.15, 0.2) is 35.3 Å². The van der Waals surface area contributed by atoms with Crippen LogP contribution in [0.2, 0.25) is 0 Å². The van der Waals surface area contributed by atoms with Gasteiger partial charge in [-0.15, -0.1) is 0 Å². The number of rotatable bonds is 2. The van der Waals surface area contributed by atoms with Crippen LogP contribution in [0.3, 0.4) is 0 Å². The van der Waals surface area contributed by atoms with Crippen LogP contribution in [0.5, 0.6) is 0 Å². The van der Waals surface area contributed by atoms with Gasteiger partial charge in [-0.1, -0.05) is 12.1 Å². The first-order chi connectivity index (χ1) is 10.2. The molecule has 1 saturated heterocycles. The number of fused-ring (bicyclic) bond motifs is 1. The van der Waals surface area contributed by atoms with Crippen molar-refractivity contribution in [3.05, 3.63) is 40.8 Å². The molecule has 1 aliphatic heterocycles. The van der Waals surface area contributed by atoms with Crippen molar-refractivity contribution in [2.24, 2.45) is 0 Å². The fourth-order valence-corrected chi connectivity index (χ4v) is 2.97. The summed E-state index contributed by atoms with van der Waals surface area (Å²) in [5.41, 5.74) is 1.21. The van der Waals surface area contributed by atoms with Gasteiger partial charge in [-0.3, -0.25) is 14.2 Å². The Morgan fingerprint density at radius 3 is 2.95 bits per heavy atom. The lowest BCUT2D eigenvalue weighted by atomic mass is 10.0. The molecule has 2 heterocycles. The maximum absolute atomic E-state index is 12.5. The van der Waals surface area contributed by atoms with Crippen molar-refractivity contribution in [2.75, 3.05) is 6.54 Å². The van der Waals surface area contributed by atoms with Crippen molar-refractivity contribution >= 4 is 16.9 Å². The Morgan fingerprint density at radius 1 is 1.33 bits per heavy atom. The van der Waals surface area contributed by atoms with Crippen molar-refractivity contribution in [1.29, 1.82) is 0 Å². The van der Waals surface area contributed by atoms with Gasteiger partial charge in [0.2, 0.25) is 5.91 Å². The lowest BCUT2D eigenvalue weighted by molar-refractivity contribution is -0.135. The van der Waals surface area contributed by atoms with Crippen molar-refractivity contribution in [3.63, 3.8) is 0 Å². The molecule has 0 radical (unpaired) electrons. The van der Waals surface area contributed by atoms with Gasteiger partial charge in [-0.05, 0) is 38.3 Å². The van der Waals surface area contributed by atoms with E-state index in [0.29, 0.717) is 5.52 Å². The van der Waals surface area contributed by atoms with Crippen molar-refractivity contribution in [1.82, 2.24) is 14.5 Å². The normalized spacial score (nSPS) is 18.9. The minimum Gasteiger partial charge on any atom is -0.338 e. The van der Waals surface area contributed by atoms with Crippen LogP contribution in [0, 0.1) is 0 Å². The molecule has 21 heavy (non-hydrogen) atoms. The van der Waals surface area contributed by atoms with Gasteiger partial charge in [0, 0.05) is 12.6 Å². The number of likely N-dealkylation sites (tertiary alicyclic amines) is 1. The number of nitrogens with zero attached hydrogens (tertiary/aromatic N) is 3. The minimum absolute atomic E-state index is 0.0145. The Balaban J connectivity index is 1.92. The Hall–Kier alpha value is -2.17. The largest absolute Gasteiger partial charge is 0.338 e. The van der Waals surface area contributed by atoms with E-state index in [1.165, 1.54) is 17.2 Å². The second-order valence-corrected chi connectivity index (χ2v) is 5.60. The number of para-hydroxylation sites is 2. The standard InChI is InChI=1S/C16H19N3O2/c1-12-6-4-5-9-18(12)16(21)11-19-14-8-3-2-7-13(14)17-10-15(19)20/h2-3,7-8,10,12H,4-6,9,11H2,1H3/t12-/m1/s1. The van der Waals surface area contributed by atoms with Crippen LogP contribution >= 0.6 is 0 Å². The topological polar surface area (TPSA) is 55.2 Å². The SMILES string of the molecule is C[C@@H]1CCCCN1C(=O)Cn1c(=O)cnc2ccccc21. The molecule has 0 aliphatic carbocycles. The molecule has 2 aromatic rings. The molecule has 1 amide bonds. The molecule has 1 aromatic heterocycles. The first-order valence-corrected chi connectivity index (χ1v) is 7.41. The molecule has 1 aliphatic rings. The summed E-state index contributed by atoms with van der Waals surface area (Å²) in [5, 5.41) is 0. The Bertz CT molecular complexity index is 723. The molecule has 5 heteroatoms. The Labute approximate surface area is 123 Å². The third kappa shape index (κ3) is 2.68. The van der Waals surface area contributed by atoms with Crippen LogP contribution in [0.25, 0.3) is 11.0 Å². The van der Waals surface area contributed by atoms with E-state index < -0.39 is 0 Å². The summed E-state index contributed by atoms with van der Waals surface area (Å²) in [6, 6.07) is 7.66. The molecule has 1 fully saturated rings. The molecule has 3 rings (SSSR count). The maximum Gasteiger partial charge on any atom is 0.269 e. The number of hydrogen-bond donors (Lipinski definition) is 0.